The molecule has 5 N–H and O–H groups in total. The minimum atomic E-state index is 0.690. The van der Waals surface area contributed by atoms with E-state index in [9.17, 15) is 0 Å². The lowest BCUT2D eigenvalue weighted by Gasteiger charge is -2.24. The molecule has 0 saturated heterocycles. The Balaban J connectivity index is 1.54. The van der Waals surface area contributed by atoms with Gasteiger partial charge in [-0.3, -0.25) is 0 Å². The van der Waals surface area contributed by atoms with Gasteiger partial charge in [0.25, 0.3) is 0 Å². The van der Waals surface area contributed by atoms with Crippen LogP contribution in [0.3, 0.4) is 0 Å². The first-order chi connectivity index (χ1) is 14.7. The van der Waals surface area contributed by atoms with Gasteiger partial charge in [-0.05, 0) is 79.4 Å². The summed E-state index contributed by atoms with van der Waals surface area (Å²) in [7, 11) is 0. The average Bonchev–Trinajstić information content (AvgIpc) is 2.78. The molecule has 0 atom stereocenters. The first-order valence-electron chi connectivity index (χ1n) is 10.4. The number of benzene rings is 3. The summed E-state index contributed by atoms with van der Waals surface area (Å²) in [4.78, 5) is 3.57. The minimum Gasteiger partial charge on any atom is -0.397 e. The molecule has 0 saturated carbocycles. The number of nitrogens with two attached hydrogens (primary N) is 1. The topological polar surface area (TPSA) is 65.3 Å². The van der Waals surface area contributed by atoms with Gasteiger partial charge in [0, 0.05) is 23.7 Å². The first kappa shape index (κ1) is 21.7. The maximum absolute atomic E-state index is 6.22. The van der Waals surface area contributed by atoms with Crippen LogP contribution in [0.25, 0.3) is 0 Å². The fraction of sp³-hybridized carbons (Fsp3) is 0.250. The summed E-state index contributed by atoms with van der Waals surface area (Å²) in [5.41, 5.74) is 17.4. The molecule has 0 fully saturated rings. The van der Waals surface area contributed by atoms with E-state index in [0.717, 1.165) is 47.9 Å². The predicted octanol–water partition coefficient (Wildman–Crippen LogP) is 6.45. The summed E-state index contributed by atoms with van der Waals surface area (Å²) in [6, 6.07) is 24.6. The zero-order chi connectivity index (χ0) is 21.2. The molecule has 5 nitrogen and oxygen atoms in total. The molecule has 0 aliphatic carbocycles. The number of anilines is 5. The maximum atomic E-state index is 6.22. The predicted molar refractivity (Wildman–Crippen MR) is 133 cm³/mol. The van der Waals surface area contributed by atoms with E-state index in [1.54, 1.807) is 11.9 Å². The van der Waals surface area contributed by atoms with Gasteiger partial charge in [-0.25, -0.2) is 0 Å². The van der Waals surface area contributed by atoms with Gasteiger partial charge in [-0.2, -0.15) is 0 Å². The van der Waals surface area contributed by atoms with Gasteiger partial charge >= 0.3 is 0 Å². The van der Waals surface area contributed by atoms with Gasteiger partial charge in [0.1, 0.15) is 0 Å². The smallest absolute Gasteiger partial charge is 0.0677 e. The fourth-order valence-electron chi connectivity index (χ4n) is 3.15. The first-order valence-corrected chi connectivity index (χ1v) is 11.3. The molecule has 30 heavy (non-hydrogen) atoms. The third-order valence-corrected chi connectivity index (χ3v) is 5.47. The maximum Gasteiger partial charge on any atom is 0.0677 e. The van der Waals surface area contributed by atoms with Gasteiger partial charge in [0.05, 0.1) is 22.7 Å². The standard InChI is InChI=1S/C24H31N5S/c1-3-16-29(17-4-2)21-13-10-19(11-14-21)26-27-20-12-15-24(23(25)18-20)28-30-22-8-6-5-7-9-22/h5-15,18,26-28H,3-4,16-17,25H2,1-2H3. The molecule has 158 valence electrons. The van der Waals surface area contributed by atoms with Gasteiger partial charge < -0.3 is 26.2 Å². The molecule has 3 aromatic rings. The minimum absolute atomic E-state index is 0.690. The van der Waals surface area contributed by atoms with E-state index in [0.29, 0.717) is 5.69 Å². The normalized spacial score (nSPS) is 10.5. The van der Waals surface area contributed by atoms with Crippen molar-refractivity contribution in [1.29, 1.82) is 0 Å². The van der Waals surface area contributed by atoms with Crippen LogP contribution in [-0.2, 0) is 0 Å². The van der Waals surface area contributed by atoms with Gasteiger partial charge in [0.15, 0.2) is 0 Å². The quantitative estimate of drug-likeness (QED) is 0.162. The van der Waals surface area contributed by atoms with E-state index in [2.05, 4.69) is 70.7 Å². The third-order valence-electron chi connectivity index (χ3n) is 4.64. The van der Waals surface area contributed by atoms with E-state index in [4.69, 9.17) is 5.73 Å². The molecule has 0 aliphatic rings. The van der Waals surface area contributed by atoms with E-state index < -0.39 is 0 Å². The Morgan fingerprint density at radius 3 is 2.07 bits per heavy atom. The lowest BCUT2D eigenvalue weighted by molar-refractivity contribution is 0.745. The van der Waals surface area contributed by atoms with Crippen LogP contribution in [0.15, 0.2) is 77.7 Å². The fourth-order valence-corrected chi connectivity index (χ4v) is 3.85. The van der Waals surface area contributed by atoms with Gasteiger partial charge in [-0.1, -0.05) is 32.0 Å². The highest BCUT2D eigenvalue weighted by molar-refractivity contribution is 8.00. The number of rotatable bonds is 11. The number of nitrogens with one attached hydrogen (secondary N) is 3. The Bertz CT molecular complexity index is 893. The highest BCUT2D eigenvalue weighted by atomic mass is 32.2. The number of hydrogen-bond donors (Lipinski definition) is 4. The van der Waals surface area contributed by atoms with Crippen LogP contribution in [0.4, 0.5) is 28.4 Å². The van der Waals surface area contributed by atoms with Crippen molar-refractivity contribution < 1.29 is 0 Å². The van der Waals surface area contributed by atoms with Crippen molar-refractivity contribution in [3.05, 3.63) is 72.8 Å². The zero-order valence-electron chi connectivity index (χ0n) is 17.7. The molecule has 0 unspecified atom stereocenters. The second-order valence-corrected chi connectivity index (χ2v) is 7.98. The number of hydrogen-bond acceptors (Lipinski definition) is 6. The highest BCUT2D eigenvalue weighted by Gasteiger charge is 2.05. The van der Waals surface area contributed by atoms with Crippen LogP contribution in [-0.4, -0.2) is 13.1 Å². The number of nitrogens with zero attached hydrogens (tertiary/aromatic N) is 1. The monoisotopic (exact) mass is 421 g/mol. The second-order valence-electron chi connectivity index (χ2n) is 7.10. The van der Waals surface area contributed by atoms with E-state index in [1.807, 2.05) is 36.4 Å². The second kappa shape index (κ2) is 11.3. The average molecular weight is 422 g/mol. The molecule has 3 aromatic carbocycles. The van der Waals surface area contributed by atoms with Crippen LogP contribution in [0.1, 0.15) is 26.7 Å². The van der Waals surface area contributed by atoms with Crippen LogP contribution >= 0.6 is 11.9 Å². The molecule has 0 bridgehead atoms. The molecule has 0 heterocycles. The molecular formula is C24H31N5S. The van der Waals surface area contributed by atoms with Crippen molar-refractivity contribution in [2.75, 3.05) is 39.3 Å². The lowest BCUT2D eigenvalue weighted by Crippen LogP contribution is -2.24. The summed E-state index contributed by atoms with van der Waals surface area (Å²) in [6.45, 7) is 6.60. The Labute approximate surface area is 184 Å². The molecule has 0 radical (unpaired) electrons. The number of hydrazine groups is 1. The largest absolute Gasteiger partial charge is 0.397 e. The van der Waals surface area contributed by atoms with Crippen LogP contribution in [0.5, 0.6) is 0 Å². The van der Waals surface area contributed by atoms with E-state index >= 15 is 0 Å². The van der Waals surface area contributed by atoms with Gasteiger partial charge in [0.2, 0.25) is 0 Å². The van der Waals surface area contributed by atoms with Crippen molar-refractivity contribution in [2.24, 2.45) is 0 Å². The summed E-state index contributed by atoms with van der Waals surface area (Å²) in [6.07, 6.45) is 2.30. The van der Waals surface area contributed by atoms with Crippen LogP contribution in [0.2, 0.25) is 0 Å². The molecule has 0 aromatic heterocycles. The van der Waals surface area contributed by atoms with Crippen molar-refractivity contribution in [3.63, 3.8) is 0 Å². The van der Waals surface area contributed by atoms with Crippen molar-refractivity contribution in [3.8, 4) is 0 Å². The van der Waals surface area contributed by atoms with E-state index in [1.165, 1.54) is 5.69 Å². The Kier molecular flexibility index (Phi) is 8.15. The molecule has 3 rings (SSSR count). The van der Waals surface area contributed by atoms with Gasteiger partial charge in [-0.15, -0.1) is 0 Å². The zero-order valence-corrected chi connectivity index (χ0v) is 18.5. The SMILES string of the molecule is CCCN(CCC)c1ccc(NNc2ccc(NSc3ccccc3)c(N)c2)cc1. The summed E-state index contributed by atoms with van der Waals surface area (Å²) >= 11 is 1.54. The number of nitrogen functional groups attached to an aromatic ring is 1. The van der Waals surface area contributed by atoms with Crippen LogP contribution < -0.4 is 26.2 Å². The lowest BCUT2D eigenvalue weighted by atomic mass is 10.2. The van der Waals surface area contributed by atoms with E-state index in [-0.39, 0.29) is 0 Å². The van der Waals surface area contributed by atoms with Crippen LogP contribution in [0, 0.1) is 0 Å². The Morgan fingerprint density at radius 2 is 1.43 bits per heavy atom. The Hall–Kier alpha value is -2.99. The summed E-state index contributed by atoms with van der Waals surface area (Å²) < 4.78 is 3.31. The van der Waals surface area contributed by atoms with Crippen molar-refractivity contribution in [1.82, 2.24) is 0 Å². The molecule has 6 heteroatoms. The third kappa shape index (κ3) is 6.26. The molecule has 0 spiro atoms. The van der Waals surface area contributed by atoms with Crippen molar-refractivity contribution >= 4 is 40.4 Å². The van der Waals surface area contributed by atoms with Crippen molar-refractivity contribution in [2.45, 2.75) is 31.6 Å². The highest BCUT2D eigenvalue weighted by Crippen LogP contribution is 2.28. The molecule has 0 amide bonds. The summed E-state index contributed by atoms with van der Waals surface area (Å²) in [5, 5.41) is 0. The Morgan fingerprint density at radius 1 is 0.800 bits per heavy atom. The molecular weight excluding hydrogens is 390 g/mol. The summed E-state index contributed by atoms with van der Waals surface area (Å²) in [5.74, 6) is 0. The molecule has 0 aliphatic heterocycles.